The van der Waals surface area contributed by atoms with Gasteiger partial charge in [0.25, 0.3) is 0 Å². The summed E-state index contributed by atoms with van der Waals surface area (Å²) in [7, 11) is -3.37. The van der Waals surface area contributed by atoms with Crippen LogP contribution >= 0.6 is 6.83 Å². The van der Waals surface area contributed by atoms with Crippen LogP contribution in [0.2, 0.25) is 0 Å². The zero-order chi connectivity index (χ0) is 14.3. The Hall–Kier alpha value is 0.340. The van der Waals surface area contributed by atoms with Gasteiger partial charge in [-0.1, -0.05) is 0 Å². The Kier molecular flexibility index (Phi) is 7.35. The summed E-state index contributed by atoms with van der Waals surface area (Å²) in [6, 6.07) is 0. The van der Waals surface area contributed by atoms with Crippen LogP contribution in [-0.2, 0) is 14.1 Å². The van der Waals surface area contributed by atoms with Gasteiger partial charge in [0.15, 0.2) is 0 Å². The minimum absolute atomic E-state index is 0.953. The van der Waals surface area contributed by atoms with E-state index in [4.69, 9.17) is 3.97 Å². The first-order valence-electron chi connectivity index (χ1n) is 7.18. The fourth-order valence-electron chi connectivity index (χ4n) is 3.47. The van der Waals surface area contributed by atoms with Gasteiger partial charge in [0.2, 0.25) is 0 Å². The van der Waals surface area contributed by atoms with E-state index in [-0.39, 0.29) is 0 Å². The van der Waals surface area contributed by atoms with Crippen LogP contribution in [0, 0.1) is 0 Å². The van der Waals surface area contributed by atoms with E-state index in [0.717, 1.165) is 50.3 Å². The molecule has 3 nitrogen and oxygen atoms in total. The van der Waals surface area contributed by atoms with E-state index in [1.165, 1.54) is 6.26 Å². The van der Waals surface area contributed by atoms with Crippen molar-refractivity contribution in [1.29, 1.82) is 0 Å². The van der Waals surface area contributed by atoms with Crippen LogP contribution in [0.5, 0.6) is 0 Å². The van der Waals surface area contributed by atoms with Crippen molar-refractivity contribution in [3.63, 3.8) is 0 Å². The van der Waals surface area contributed by atoms with Gasteiger partial charge in [0, 0.05) is 0 Å². The van der Waals surface area contributed by atoms with E-state index in [1.807, 2.05) is 0 Å². The van der Waals surface area contributed by atoms with Crippen molar-refractivity contribution >= 4 is 16.9 Å². The summed E-state index contributed by atoms with van der Waals surface area (Å²) in [5, 5.41) is 0. The molecular formula is C13H31O3PS. The van der Waals surface area contributed by atoms with Gasteiger partial charge in [-0.05, 0) is 0 Å². The first kappa shape index (κ1) is 18.3. The summed E-state index contributed by atoms with van der Waals surface area (Å²) in [6.07, 6.45) is 9.05. The Morgan fingerprint density at radius 2 is 1.06 bits per heavy atom. The molecule has 0 amide bonds. The van der Waals surface area contributed by atoms with Crippen LogP contribution < -0.4 is 0 Å². The average molecular weight is 298 g/mol. The molecule has 0 atom stereocenters. The molecule has 0 unspecified atom stereocenters. The van der Waals surface area contributed by atoms with Crippen molar-refractivity contribution in [2.45, 2.75) is 53.4 Å². The summed E-state index contributed by atoms with van der Waals surface area (Å²) in [5.41, 5.74) is 0. The molecule has 0 rings (SSSR count). The zero-order valence-electron chi connectivity index (χ0n) is 12.7. The van der Waals surface area contributed by atoms with Gasteiger partial charge in [0.1, 0.15) is 0 Å². The summed E-state index contributed by atoms with van der Waals surface area (Å²) >= 11 is 0. The molecule has 0 spiro atoms. The minimum atomic E-state index is -3.37. The molecule has 0 bridgehead atoms. The topological polar surface area (TPSA) is 43.4 Å². The summed E-state index contributed by atoms with van der Waals surface area (Å²) in [4.78, 5) is 0. The van der Waals surface area contributed by atoms with E-state index in [9.17, 15) is 8.42 Å². The monoisotopic (exact) mass is 298 g/mol. The van der Waals surface area contributed by atoms with E-state index in [1.54, 1.807) is 0 Å². The van der Waals surface area contributed by atoms with E-state index < -0.39 is 16.9 Å². The number of rotatable bonds is 10. The number of hydrogen-bond acceptors (Lipinski definition) is 3. The van der Waals surface area contributed by atoms with Crippen LogP contribution in [0.3, 0.4) is 0 Å². The predicted molar refractivity (Wildman–Crippen MR) is 83.5 cm³/mol. The molecule has 0 aliphatic rings. The molecule has 0 saturated heterocycles. The molecule has 0 aromatic heterocycles. The van der Waals surface area contributed by atoms with Crippen LogP contribution in [0.1, 0.15) is 53.4 Å². The molecule has 0 fully saturated rings. The molecule has 0 heterocycles. The van der Waals surface area contributed by atoms with Crippen LogP contribution in [0.15, 0.2) is 0 Å². The van der Waals surface area contributed by atoms with Crippen molar-refractivity contribution in [3.8, 4) is 0 Å². The van der Waals surface area contributed by atoms with Crippen molar-refractivity contribution in [3.05, 3.63) is 0 Å². The molecule has 112 valence electrons. The second-order valence-electron chi connectivity index (χ2n) is 5.53. The Labute approximate surface area is 114 Å². The van der Waals surface area contributed by atoms with Crippen molar-refractivity contribution < 1.29 is 12.4 Å². The molecule has 0 saturated carbocycles. The Balaban J connectivity index is 5.61. The third kappa shape index (κ3) is 5.14. The second kappa shape index (κ2) is 7.21. The Bertz CT molecular complexity index is 303. The molecule has 0 radical (unpaired) electrons. The van der Waals surface area contributed by atoms with Crippen molar-refractivity contribution in [2.24, 2.45) is 0 Å². The fraction of sp³-hybridized carbons (Fsp3) is 1.00. The van der Waals surface area contributed by atoms with Gasteiger partial charge in [0.05, 0.1) is 0 Å². The zero-order valence-corrected chi connectivity index (χ0v) is 14.4. The molecule has 0 aliphatic carbocycles. The SMILES string of the molecule is CCCP(CCC)(CCC)(CCC)OS(C)(=O)=O. The summed E-state index contributed by atoms with van der Waals surface area (Å²) in [5.74, 6) is 0. The van der Waals surface area contributed by atoms with Gasteiger partial charge in [-0.3, -0.25) is 0 Å². The van der Waals surface area contributed by atoms with Gasteiger partial charge in [-0.15, -0.1) is 0 Å². The van der Waals surface area contributed by atoms with Gasteiger partial charge >= 0.3 is 114 Å². The Morgan fingerprint density at radius 1 is 0.778 bits per heavy atom. The summed E-state index contributed by atoms with van der Waals surface area (Å²) < 4.78 is 29.4. The maximum absolute atomic E-state index is 11.8. The molecule has 0 aromatic carbocycles. The second-order valence-corrected chi connectivity index (χ2v) is 13.0. The van der Waals surface area contributed by atoms with Gasteiger partial charge in [-0.25, -0.2) is 0 Å². The maximum atomic E-state index is 11.8. The van der Waals surface area contributed by atoms with Crippen LogP contribution in [0.25, 0.3) is 0 Å². The van der Waals surface area contributed by atoms with E-state index in [0.29, 0.717) is 0 Å². The third-order valence-electron chi connectivity index (χ3n) is 3.50. The summed E-state index contributed by atoms with van der Waals surface area (Å²) in [6.45, 7) is 5.98. The Morgan fingerprint density at radius 3 is 1.22 bits per heavy atom. The normalized spacial score (nSPS) is 15.3. The molecule has 18 heavy (non-hydrogen) atoms. The van der Waals surface area contributed by atoms with Crippen LogP contribution in [-0.4, -0.2) is 39.3 Å². The van der Waals surface area contributed by atoms with Crippen molar-refractivity contribution in [1.82, 2.24) is 0 Å². The van der Waals surface area contributed by atoms with Gasteiger partial charge < -0.3 is 0 Å². The third-order valence-corrected chi connectivity index (χ3v) is 12.6. The molecule has 0 aliphatic heterocycles. The molecule has 0 aromatic rings. The van der Waals surface area contributed by atoms with Gasteiger partial charge in [-0.2, -0.15) is 0 Å². The quantitative estimate of drug-likeness (QED) is 0.571. The van der Waals surface area contributed by atoms with Crippen LogP contribution in [0.4, 0.5) is 0 Å². The first-order chi connectivity index (χ1) is 8.26. The molecule has 5 heteroatoms. The molecule has 0 N–H and O–H groups in total. The predicted octanol–water partition coefficient (Wildman–Crippen LogP) is 4.07. The fourth-order valence-corrected chi connectivity index (χ4v) is 13.6. The van der Waals surface area contributed by atoms with Crippen molar-refractivity contribution in [2.75, 3.05) is 30.9 Å². The molecular weight excluding hydrogens is 267 g/mol. The van der Waals surface area contributed by atoms with E-state index in [2.05, 4.69) is 27.7 Å². The van der Waals surface area contributed by atoms with E-state index >= 15 is 0 Å². The standard InChI is InChI=1S/C13H31O3PS/c1-6-10-17(11-7-2,12-8-3,13-9-4)16-18(5,14)15/h6-13H2,1-5H3. The number of hydrogen-bond donors (Lipinski definition) is 0. The average Bonchev–Trinajstić information content (AvgIpc) is 2.15. The first-order valence-corrected chi connectivity index (χ1v) is 11.9.